The summed E-state index contributed by atoms with van der Waals surface area (Å²) >= 11 is 0. The smallest absolute Gasteiger partial charge is 0.131 e. The first-order valence-electron chi connectivity index (χ1n) is 9.01. The van der Waals surface area contributed by atoms with Crippen LogP contribution in [0.25, 0.3) is 21.5 Å². The molecule has 0 aromatic heterocycles. The Bertz CT molecular complexity index is 1000. The summed E-state index contributed by atoms with van der Waals surface area (Å²) in [5, 5.41) is 4.86. The predicted octanol–water partition coefficient (Wildman–Crippen LogP) is 5.46. The molecule has 0 saturated heterocycles. The molecule has 2 heteroatoms. The molecule has 2 unspecified atom stereocenters. The van der Waals surface area contributed by atoms with E-state index in [1.165, 1.54) is 32.7 Å². The number of allylic oxidation sites excluding steroid dienone is 2. The van der Waals surface area contributed by atoms with Crippen LogP contribution < -0.4 is 9.47 Å². The molecule has 1 aliphatic carbocycles. The maximum absolute atomic E-state index is 6.25. The van der Waals surface area contributed by atoms with E-state index in [1.807, 2.05) is 0 Å². The van der Waals surface area contributed by atoms with Crippen molar-refractivity contribution in [2.24, 2.45) is 0 Å². The lowest BCUT2D eigenvalue weighted by Gasteiger charge is -2.19. The van der Waals surface area contributed by atoms with Crippen molar-refractivity contribution in [3.05, 3.63) is 71.8 Å². The van der Waals surface area contributed by atoms with Crippen LogP contribution in [0, 0.1) is 0 Å². The number of rotatable bonds is 0. The van der Waals surface area contributed by atoms with Gasteiger partial charge in [0.25, 0.3) is 0 Å². The Morgan fingerprint density at radius 2 is 1.24 bits per heavy atom. The predicted molar refractivity (Wildman–Crippen MR) is 101 cm³/mol. The highest BCUT2D eigenvalue weighted by atomic mass is 16.5. The van der Waals surface area contributed by atoms with Crippen LogP contribution in [0.15, 0.2) is 60.7 Å². The van der Waals surface area contributed by atoms with Crippen LogP contribution in [0.1, 0.15) is 29.4 Å². The second-order valence-electron chi connectivity index (χ2n) is 7.16. The Morgan fingerprint density at radius 1 is 0.720 bits per heavy atom. The molecule has 0 bridgehead atoms. The normalized spacial score (nSPS) is 23.0. The molecule has 2 atom stereocenters. The average Bonchev–Trinajstić information content (AvgIpc) is 2.79. The first-order chi connectivity index (χ1) is 12.4. The lowest BCUT2D eigenvalue weighted by Crippen LogP contribution is -2.02. The first-order valence-corrected chi connectivity index (χ1v) is 9.01. The molecule has 6 rings (SSSR count). The highest BCUT2D eigenvalue weighted by Gasteiger charge is 2.37. The van der Waals surface area contributed by atoms with E-state index in [-0.39, 0.29) is 0 Å². The fourth-order valence-electron chi connectivity index (χ4n) is 4.76. The summed E-state index contributed by atoms with van der Waals surface area (Å²) in [7, 11) is 0. The monoisotopic (exact) mass is 326 g/mol. The van der Waals surface area contributed by atoms with Gasteiger partial charge < -0.3 is 9.47 Å². The molecule has 0 spiro atoms. The van der Waals surface area contributed by atoms with E-state index in [9.17, 15) is 0 Å². The summed E-state index contributed by atoms with van der Waals surface area (Å²) in [6.45, 7) is 1.29. The molecular formula is C23H18O2. The number of ether oxygens (including phenoxy) is 2. The Labute approximate surface area is 146 Å². The molecule has 0 N–H and O–H groups in total. The van der Waals surface area contributed by atoms with Crippen molar-refractivity contribution in [3.8, 4) is 11.5 Å². The third-order valence-electron chi connectivity index (χ3n) is 5.79. The number of fused-ring (bicyclic) bond motifs is 4. The Kier molecular flexibility index (Phi) is 2.65. The van der Waals surface area contributed by atoms with Crippen LogP contribution in [0.4, 0.5) is 0 Å². The number of benzene rings is 3. The topological polar surface area (TPSA) is 18.5 Å². The highest BCUT2D eigenvalue weighted by Crippen LogP contribution is 2.56. The standard InChI is InChI=1S/C23H18O2/c1-2-6-15-13-19-18(12-14(15)5-1)22-20-16(7-3-9-24-22)11-17-8-4-10-25-23(19)21(17)20/h1-8,12-13,16-17H,9-11H2. The number of hydrogen-bond donors (Lipinski definition) is 0. The van der Waals surface area contributed by atoms with Gasteiger partial charge in [0.05, 0.1) is 0 Å². The van der Waals surface area contributed by atoms with Gasteiger partial charge in [-0.3, -0.25) is 0 Å². The van der Waals surface area contributed by atoms with Gasteiger partial charge in [0.15, 0.2) is 0 Å². The van der Waals surface area contributed by atoms with E-state index in [0.717, 1.165) is 17.9 Å². The summed E-state index contributed by atoms with van der Waals surface area (Å²) in [6, 6.07) is 13.1. The van der Waals surface area contributed by atoms with Crippen LogP contribution in [0.3, 0.4) is 0 Å². The summed E-state index contributed by atoms with van der Waals surface area (Å²) in [4.78, 5) is 0. The first kappa shape index (κ1) is 13.5. The molecule has 0 radical (unpaired) electrons. The van der Waals surface area contributed by atoms with E-state index in [2.05, 4.69) is 60.7 Å². The molecule has 3 aliphatic rings. The molecule has 25 heavy (non-hydrogen) atoms. The summed E-state index contributed by atoms with van der Waals surface area (Å²) in [6.07, 6.45) is 10.1. The lowest BCUT2D eigenvalue weighted by molar-refractivity contribution is 0.358. The molecule has 3 aromatic carbocycles. The van der Waals surface area contributed by atoms with Crippen LogP contribution in [-0.2, 0) is 0 Å². The molecule has 2 heterocycles. The Morgan fingerprint density at radius 3 is 1.76 bits per heavy atom. The molecule has 122 valence electrons. The van der Waals surface area contributed by atoms with Gasteiger partial charge in [-0.15, -0.1) is 0 Å². The van der Waals surface area contributed by atoms with Gasteiger partial charge in [-0.1, -0.05) is 48.6 Å². The van der Waals surface area contributed by atoms with E-state index < -0.39 is 0 Å². The molecule has 0 fully saturated rings. The Hall–Kier alpha value is -2.74. The summed E-state index contributed by atoms with van der Waals surface area (Å²) in [5.41, 5.74) is 2.70. The SMILES string of the molecule is C1=CC2CC3C=CCOc4c3c2c(c2cc3ccccc3cc42)OC1. The second-order valence-corrected chi connectivity index (χ2v) is 7.16. The van der Waals surface area contributed by atoms with Crippen LogP contribution in [0.2, 0.25) is 0 Å². The van der Waals surface area contributed by atoms with Crippen molar-refractivity contribution < 1.29 is 9.47 Å². The van der Waals surface area contributed by atoms with Crippen molar-refractivity contribution in [2.45, 2.75) is 18.3 Å². The molecular weight excluding hydrogens is 308 g/mol. The molecule has 0 saturated carbocycles. The van der Waals surface area contributed by atoms with Gasteiger partial charge in [-0.25, -0.2) is 0 Å². The molecule has 2 aliphatic heterocycles. The van der Waals surface area contributed by atoms with Gasteiger partial charge in [0.2, 0.25) is 0 Å². The van der Waals surface area contributed by atoms with E-state index >= 15 is 0 Å². The minimum absolute atomic E-state index is 0.429. The van der Waals surface area contributed by atoms with Gasteiger partial charge in [0.1, 0.15) is 24.7 Å². The quantitative estimate of drug-likeness (QED) is 0.403. The lowest BCUT2D eigenvalue weighted by atomic mass is 9.92. The van der Waals surface area contributed by atoms with Gasteiger partial charge in [-0.05, 0) is 29.3 Å². The number of hydrogen-bond acceptors (Lipinski definition) is 2. The van der Waals surface area contributed by atoms with Crippen molar-refractivity contribution in [1.29, 1.82) is 0 Å². The van der Waals surface area contributed by atoms with E-state index in [1.54, 1.807) is 0 Å². The largest absolute Gasteiger partial charge is 0.489 e. The highest BCUT2D eigenvalue weighted by molar-refractivity contribution is 6.05. The summed E-state index contributed by atoms with van der Waals surface area (Å²) < 4.78 is 12.5. The minimum atomic E-state index is 0.429. The van der Waals surface area contributed by atoms with Crippen LogP contribution >= 0.6 is 0 Å². The van der Waals surface area contributed by atoms with Gasteiger partial charge in [0, 0.05) is 33.7 Å². The van der Waals surface area contributed by atoms with E-state index in [0.29, 0.717) is 25.0 Å². The fraction of sp³-hybridized carbons (Fsp3) is 0.217. The van der Waals surface area contributed by atoms with Gasteiger partial charge in [-0.2, -0.15) is 0 Å². The fourth-order valence-corrected chi connectivity index (χ4v) is 4.76. The van der Waals surface area contributed by atoms with Crippen molar-refractivity contribution >= 4 is 21.5 Å². The van der Waals surface area contributed by atoms with Crippen LogP contribution in [-0.4, -0.2) is 13.2 Å². The molecule has 3 aromatic rings. The Balaban J connectivity index is 1.81. The zero-order valence-corrected chi connectivity index (χ0v) is 13.9. The summed E-state index contributed by atoms with van der Waals surface area (Å²) in [5.74, 6) is 2.99. The maximum Gasteiger partial charge on any atom is 0.131 e. The van der Waals surface area contributed by atoms with Crippen molar-refractivity contribution in [1.82, 2.24) is 0 Å². The third kappa shape index (κ3) is 1.80. The minimum Gasteiger partial charge on any atom is -0.489 e. The van der Waals surface area contributed by atoms with Crippen LogP contribution in [0.5, 0.6) is 11.5 Å². The second kappa shape index (κ2) is 4.89. The van der Waals surface area contributed by atoms with Crippen molar-refractivity contribution in [3.63, 3.8) is 0 Å². The van der Waals surface area contributed by atoms with E-state index in [4.69, 9.17) is 9.47 Å². The van der Waals surface area contributed by atoms with Crippen molar-refractivity contribution in [2.75, 3.05) is 13.2 Å². The van der Waals surface area contributed by atoms with Gasteiger partial charge >= 0.3 is 0 Å². The zero-order valence-electron chi connectivity index (χ0n) is 13.9. The zero-order chi connectivity index (χ0) is 16.4. The molecule has 2 nitrogen and oxygen atoms in total. The maximum atomic E-state index is 6.25. The average molecular weight is 326 g/mol. The third-order valence-corrected chi connectivity index (χ3v) is 5.79. The molecule has 0 amide bonds.